The average Bonchev–Trinajstić information content (AvgIpc) is 2.35. The van der Waals surface area contributed by atoms with Gasteiger partial charge in [0.1, 0.15) is 0 Å². The maximum Gasteiger partial charge on any atom is 0.0304 e. The minimum atomic E-state index is 0.365. The molecule has 1 saturated carbocycles. The lowest BCUT2D eigenvalue weighted by Gasteiger charge is -2.52. The Kier molecular flexibility index (Phi) is 4.57. The van der Waals surface area contributed by atoms with E-state index in [1.54, 1.807) is 0 Å². The van der Waals surface area contributed by atoms with Crippen molar-refractivity contribution in [3.05, 3.63) is 0 Å². The molecule has 0 radical (unpaired) electrons. The highest BCUT2D eigenvalue weighted by Gasteiger charge is 2.43. The molecule has 0 atom stereocenters. The van der Waals surface area contributed by atoms with Crippen LogP contribution in [-0.4, -0.2) is 36.1 Å². The van der Waals surface area contributed by atoms with Gasteiger partial charge < -0.3 is 5.32 Å². The second kappa shape index (κ2) is 5.61. The van der Waals surface area contributed by atoms with Crippen LogP contribution < -0.4 is 5.32 Å². The molecule has 2 heteroatoms. The van der Waals surface area contributed by atoms with E-state index in [9.17, 15) is 0 Å². The Labute approximate surface area is 126 Å². The summed E-state index contributed by atoms with van der Waals surface area (Å²) in [4.78, 5) is 2.81. The molecule has 1 heterocycles. The van der Waals surface area contributed by atoms with Crippen LogP contribution in [0.4, 0.5) is 0 Å². The zero-order chi connectivity index (χ0) is 15.0. The van der Waals surface area contributed by atoms with Crippen LogP contribution in [0.2, 0.25) is 0 Å². The molecular formula is C18H36N2. The Balaban J connectivity index is 2.10. The van der Waals surface area contributed by atoms with Crippen molar-refractivity contribution in [2.45, 2.75) is 85.2 Å². The number of rotatable bonds is 3. The Bertz CT molecular complexity index is 312. The van der Waals surface area contributed by atoms with Crippen molar-refractivity contribution in [3.8, 4) is 0 Å². The summed E-state index contributed by atoms with van der Waals surface area (Å²) in [6.07, 6.45) is 6.62. The van der Waals surface area contributed by atoms with Crippen molar-refractivity contribution in [2.75, 3.05) is 19.6 Å². The van der Waals surface area contributed by atoms with Gasteiger partial charge in [-0.1, -0.05) is 41.5 Å². The van der Waals surface area contributed by atoms with Gasteiger partial charge in [-0.25, -0.2) is 0 Å². The summed E-state index contributed by atoms with van der Waals surface area (Å²) in [5, 5.41) is 3.80. The molecule has 2 aliphatic rings. The third kappa shape index (κ3) is 3.57. The second-order valence-electron chi connectivity index (χ2n) is 8.95. The standard InChI is InChI=1S/C18H36N2/c1-7-18(8-2)14-20(10-9-19-18)15-11-16(3,4)13-17(5,6)12-15/h15,19H,7-14H2,1-6H3. The van der Waals surface area contributed by atoms with E-state index in [1.165, 1.54) is 51.7 Å². The predicted molar refractivity (Wildman–Crippen MR) is 88.1 cm³/mol. The normalized spacial score (nSPS) is 30.3. The van der Waals surface area contributed by atoms with E-state index in [-0.39, 0.29) is 0 Å². The maximum atomic E-state index is 3.80. The number of nitrogens with one attached hydrogen (secondary N) is 1. The van der Waals surface area contributed by atoms with Gasteiger partial charge in [0.15, 0.2) is 0 Å². The van der Waals surface area contributed by atoms with Crippen LogP contribution in [0.5, 0.6) is 0 Å². The number of hydrogen-bond donors (Lipinski definition) is 1. The Morgan fingerprint density at radius 1 is 1.00 bits per heavy atom. The van der Waals surface area contributed by atoms with Crippen LogP contribution in [0.3, 0.4) is 0 Å². The maximum absolute atomic E-state index is 3.80. The smallest absolute Gasteiger partial charge is 0.0304 e. The Morgan fingerprint density at radius 2 is 1.55 bits per heavy atom. The minimum Gasteiger partial charge on any atom is -0.309 e. The fourth-order valence-corrected chi connectivity index (χ4v) is 5.07. The summed E-state index contributed by atoms with van der Waals surface area (Å²) < 4.78 is 0. The molecule has 0 bridgehead atoms. The van der Waals surface area contributed by atoms with Crippen molar-refractivity contribution < 1.29 is 0 Å². The molecular weight excluding hydrogens is 244 g/mol. The fourth-order valence-electron chi connectivity index (χ4n) is 5.07. The Hall–Kier alpha value is -0.0800. The first-order valence-corrected chi connectivity index (χ1v) is 8.70. The first kappa shape index (κ1) is 16.3. The number of nitrogens with zero attached hydrogens (tertiary/aromatic N) is 1. The highest BCUT2D eigenvalue weighted by atomic mass is 15.2. The zero-order valence-corrected chi connectivity index (χ0v) is 14.7. The topological polar surface area (TPSA) is 15.3 Å². The van der Waals surface area contributed by atoms with Crippen molar-refractivity contribution in [1.82, 2.24) is 10.2 Å². The summed E-state index contributed by atoms with van der Waals surface area (Å²) in [6, 6.07) is 0.785. The van der Waals surface area contributed by atoms with Gasteiger partial charge in [0.25, 0.3) is 0 Å². The highest BCUT2D eigenvalue weighted by Crippen LogP contribution is 2.47. The molecule has 118 valence electrons. The van der Waals surface area contributed by atoms with Gasteiger partial charge in [0, 0.05) is 31.2 Å². The molecule has 2 fully saturated rings. The lowest BCUT2D eigenvalue weighted by molar-refractivity contribution is -0.00370. The van der Waals surface area contributed by atoms with Gasteiger partial charge in [-0.3, -0.25) is 4.90 Å². The lowest BCUT2D eigenvalue weighted by Crippen LogP contribution is -2.63. The summed E-state index contributed by atoms with van der Waals surface area (Å²) >= 11 is 0. The molecule has 0 unspecified atom stereocenters. The highest BCUT2D eigenvalue weighted by molar-refractivity contribution is 4.99. The lowest BCUT2D eigenvalue weighted by atomic mass is 9.63. The van der Waals surface area contributed by atoms with Gasteiger partial charge in [0.2, 0.25) is 0 Å². The van der Waals surface area contributed by atoms with Gasteiger partial charge in [-0.15, -0.1) is 0 Å². The molecule has 2 nitrogen and oxygen atoms in total. The molecule has 1 aliphatic heterocycles. The first-order chi connectivity index (χ1) is 9.21. The zero-order valence-electron chi connectivity index (χ0n) is 14.7. The molecule has 0 aromatic rings. The van der Waals surface area contributed by atoms with E-state index in [0.29, 0.717) is 16.4 Å². The summed E-state index contributed by atoms with van der Waals surface area (Å²) in [7, 11) is 0. The largest absolute Gasteiger partial charge is 0.309 e. The van der Waals surface area contributed by atoms with E-state index in [0.717, 1.165) is 6.04 Å². The predicted octanol–water partition coefficient (Wildman–Crippen LogP) is 4.06. The van der Waals surface area contributed by atoms with Crippen LogP contribution >= 0.6 is 0 Å². The van der Waals surface area contributed by atoms with Gasteiger partial charge in [-0.05, 0) is 42.9 Å². The molecule has 2 rings (SSSR count). The van der Waals surface area contributed by atoms with Crippen molar-refractivity contribution >= 4 is 0 Å². The molecule has 1 N–H and O–H groups in total. The summed E-state index contributed by atoms with van der Waals surface area (Å²) in [6.45, 7) is 18.2. The second-order valence-corrected chi connectivity index (χ2v) is 8.95. The van der Waals surface area contributed by atoms with Crippen LogP contribution in [-0.2, 0) is 0 Å². The van der Waals surface area contributed by atoms with E-state index in [2.05, 4.69) is 51.8 Å². The average molecular weight is 280 g/mol. The molecule has 0 spiro atoms. The van der Waals surface area contributed by atoms with Crippen LogP contribution in [0.1, 0.15) is 73.6 Å². The van der Waals surface area contributed by atoms with Gasteiger partial charge >= 0.3 is 0 Å². The van der Waals surface area contributed by atoms with E-state index >= 15 is 0 Å². The van der Waals surface area contributed by atoms with Crippen LogP contribution in [0, 0.1) is 10.8 Å². The fraction of sp³-hybridized carbons (Fsp3) is 1.00. The third-order valence-corrected chi connectivity index (χ3v) is 5.81. The third-order valence-electron chi connectivity index (χ3n) is 5.81. The first-order valence-electron chi connectivity index (χ1n) is 8.70. The molecule has 1 aliphatic carbocycles. The van der Waals surface area contributed by atoms with Crippen molar-refractivity contribution in [2.24, 2.45) is 10.8 Å². The number of piperazine rings is 1. The van der Waals surface area contributed by atoms with Gasteiger partial charge in [-0.2, -0.15) is 0 Å². The molecule has 1 saturated heterocycles. The summed E-state index contributed by atoms with van der Waals surface area (Å²) in [5.41, 5.74) is 1.36. The SMILES string of the molecule is CCC1(CC)CN(C2CC(C)(C)CC(C)(C)C2)CCN1. The molecule has 20 heavy (non-hydrogen) atoms. The monoisotopic (exact) mass is 280 g/mol. The number of hydrogen-bond acceptors (Lipinski definition) is 2. The minimum absolute atomic E-state index is 0.365. The van der Waals surface area contributed by atoms with E-state index in [4.69, 9.17) is 0 Å². The summed E-state index contributed by atoms with van der Waals surface area (Å²) in [5.74, 6) is 0. The van der Waals surface area contributed by atoms with Crippen molar-refractivity contribution in [1.29, 1.82) is 0 Å². The van der Waals surface area contributed by atoms with Crippen molar-refractivity contribution in [3.63, 3.8) is 0 Å². The molecule has 0 aromatic carbocycles. The van der Waals surface area contributed by atoms with Crippen LogP contribution in [0.25, 0.3) is 0 Å². The van der Waals surface area contributed by atoms with Crippen LogP contribution in [0.15, 0.2) is 0 Å². The Morgan fingerprint density at radius 3 is 2.05 bits per heavy atom. The molecule has 0 amide bonds. The van der Waals surface area contributed by atoms with E-state index < -0.39 is 0 Å². The van der Waals surface area contributed by atoms with E-state index in [1.807, 2.05) is 0 Å². The quantitative estimate of drug-likeness (QED) is 0.839. The molecule has 0 aromatic heterocycles. The van der Waals surface area contributed by atoms with Gasteiger partial charge in [0.05, 0.1) is 0 Å².